The summed E-state index contributed by atoms with van der Waals surface area (Å²) < 4.78 is 0. The summed E-state index contributed by atoms with van der Waals surface area (Å²) in [6.07, 6.45) is 4.20. The minimum absolute atomic E-state index is 0.552. The molecule has 1 atom stereocenters. The van der Waals surface area contributed by atoms with Crippen molar-refractivity contribution in [1.29, 1.82) is 0 Å². The molecule has 0 aliphatic heterocycles. The van der Waals surface area contributed by atoms with Crippen LogP contribution in [0, 0.1) is 0 Å². The Morgan fingerprint density at radius 3 is 3.30 bits per heavy atom. The van der Waals surface area contributed by atoms with Crippen LogP contribution in [-0.2, 0) is 6.42 Å². The second-order valence-corrected chi connectivity index (χ2v) is 3.65. The van der Waals surface area contributed by atoms with Gasteiger partial charge in [0.05, 0.1) is 0 Å². The molecule has 0 saturated carbocycles. The first kappa shape index (κ1) is 6.35. The van der Waals surface area contributed by atoms with Crippen molar-refractivity contribution in [2.45, 2.75) is 17.7 Å². The van der Waals surface area contributed by atoms with Gasteiger partial charge >= 0.3 is 0 Å². The van der Waals surface area contributed by atoms with Gasteiger partial charge in [-0.25, -0.2) is 0 Å². The Balaban J connectivity index is 2.51. The molecule has 1 nitrogen and oxygen atoms in total. The van der Waals surface area contributed by atoms with Crippen molar-refractivity contribution in [3.05, 3.63) is 29.6 Å². The summed E-state index contributed by atoms with van der Waals surface area (Å²) >= 11 is 3.60. The highest BCUT2D eigenvalue weighted by molar-refractivity contribution is 9.09. The molecule has 1 unspecified atom stereocenters. The van der Waals surface area contributed by atoms with E-state index in [-0.39, 0.29) is 0 Å². The monoisotopic (exact) mass is 197 g/mol. The number of halogens is 1. The fraction of sp³-hybridized carbons (Fsp3) is 0.375. The van der Waals surface area contributed by atoms with E-state index < -0.39 is 0 Å². The lowest BCUT2D eigenvalue weighted by atomic mass is 10.2. The van der Waals surface area contributed by atoms with E-state index in [0.29, 0.717) is 4.83 Å². The Morgan fingerprint density at radius 2 is 2.50 bits per heavy atom. The number of rotatable bonds is 0. The summed E-state index contributed by atoms with van der Waals surface area (Å²) in [5.74, 6) is 0. The molecule has 0 radical (unpaired) electrons. The van der Waals surface area contributed by atoms with Crippen molar-refractivity contribution < 1.29 is 0 Å². The highest BCUT2D eigenvalue weighted by Crippen LogP contribution is 2.35. The van der Waals surface area contributed by atoms with Gasteiger partial charge in [-0.2, -0.15) is 0 Å². The molecule has 1 heterocycles. The first-order chi connectivity index (χ1) is 4.88. The topological polar surface area (TPSA) is 12.9 Å². The number of hydrogen-bond acceptors (Lipinski definition) is 1. The molecule has 1 aromatic rings. The molecule has 1 aliphatic rings. The average molecular weight is 198 g/mol. The Morgan fingerprint density at radius 1 is 1.60 bits per heavy atom. The lowest BCUT2D eigenvalue weighted by molar-refractivity contribution is 0.892. The van der Waals surface area contributed by atoms with Crippen molar-refractivity contribution in [2.24, 2.45) is 0 Å². The van der Waals surface area contributed by atoms with Gasteiger partial charge in [-0.3, -0.25) is 4.98 Å². The number of pyridine rings is 1. The van der Waals surface area contributed by atoms with Crippen LogP contribution in [0.5, 0.6) is 0 Å². The highest BCUT2D eigenvalue weighted by atomic mass is 79.9. The molecular weight excluding hydrogens is 190 g/mol. The van der Waals surface area contributed by atoms with Crippen LogP contribution in [0.1, 0.15) is 22.5 Å². The SMILES string of the molecule is BrC1CCc2ncccc21. The van der Waals surface area contributed by atoms with Crippen molar-refractivity contribution >= 4 is 15.9 Å². The standard InChI is InChI=1S/C8H8BrN/c9-7-3-4-8-6(7)2-1-5-10-8/h1-2,5,7H,3-4H2. The van der Waals surface area contributed by atoms with E-state index in [2.05, 4.69) is 27.0 Å². The Labute approximate surface area is 68.6 Å². The summed E-state index contributed by atoms with van der Waals surface area (Å²) in [5.41, 5.74) is 2.65. The van der Waals surface area contributed by atoms with E-state index in [1.165, 1.54) is 17.7 Å². The molecule has 10 heavy (non-hydrogen) atoms. The van der Waals surface area contributed by atoms with E-state index in [0.717, 1.165) is 6.42 Å². The molecule has 2 rings (SSSR count). The summed E-state index contributed by atoms with van der Waals surface area (Å²) in [4.78, 5) is 4.83. The van der Waals surface area contributed by atoms with E-state index in [9.17, 15) is 0 Å². The van der Waals surface area contributed by atoms with E-state index in [1.807, 2.05) is 12.3 Å². The summed E-state index contributed by atoms with van der Waals surface area (Å²) in [7, 11) is 0. The van der Waals surface area contributed by atoms with Gasteiger partial charge in [0.15, 0.2) is 0 Å². The Bertz CT molecular complexity index is 247. The van der Waals surface area contributed by atoms with E-state index >= 15 is 0 Å². The lowest BCUT2D eigenvalue weighted by Crippen LogP contribution is -1.85. The first-order valence-electron chi connectivity index (χ1n) is 3.46. The second kappa shape index (κ2) is 2.35. The number of fused-ring (bicyclic) bond motifs is 1. The molecule has 0 fully saturated rings. The van der Waals surface area contributed by atoms with Crippen molar-refractivity contribution in [1.82, 2.24) is 4.98 Å². The zero-order valence-electron chi connectivity index (χ0n) is 5.55. The van der Waals surface area contributed by atoms with E-state index in [1.54, 1.807) is 0 Å². The zero-order chi connectivity index (χ0) is 6.97. The molecule has 0 aromatic carbocycles. The summed E-state index contributed by atoms with van der Waals surface area (Å²) in [6, 6.07) is 4.15. The van der Waals surface area contributed by atoms with Gasteiger partial charge in [0.1, 0.15) is 0 Å². The quantitative estimate of drug-likeness (QED) is 0.583. The first-order valence-corrected chi connectivity index (χ1v) is 4.37. The fourth-order valence-corrected chi connectivity index (χ4v) is 2.01. The molecular formula is C8H8BrN. The van der Waals surface area contributed by atoms with Gasteiger partial charge in [-0.05, 0) is 24.5 Å². The Hall–Kier alpha value is -0.370. The number of nitrogens with zero attached hydrogens (tertiary/aromatic N) is 1. The predicted molar refractivity (Wildman–Crippen MR) is 44.2 cm³/mol. The van der Waals surface area contributed by atoms with Gasteiger partial charge in [-0.15, -0.1) is 0 Å². The summed E-state index contributed by atoms with van der Waals surface area (Å²) in [6.45, 7) is 0. The molecule has 1 aliphatic carbocycles. The summed E-state index contributed by atoms with van der Waals surface area (Å²) in [5, 5.41) is 0. The predicted octanol–water partition coefficient (Wildman–Crippen LogP) is 2.46. The van der Waals surface area contributed by atoms with Crippen LogP contribution in [0.15, 0.2) is 18.3 Å². The van der Waals surface area contributed by atoms with Crippen LogP contribution < -0.4 is 0 Å². The number of aryl methyl sites for hydroxylation is 1. The third-order valence-electron chi connectivity index (χ3n) is 1.90. The minimum atomic E-state index is 0.552. The maximum atomic E-state index is 4.28. The molecule has 2 heteroatoms. The Kier molecular flexibility index (Phi) is 1.49. The van der Waals surface area contributed by atoms with Crippen LogP contribution in [0.3, 0.4) is 0 Å². The van der Waals surface area contributed by atoms with Crippen molar-refractivity contribution in [3.63, 3.8) is 0 Å². The van der Waals surface area contributed by atoms with Crippen LogP contribution >= 0.6 is 15.9 Å². The zero-order valence-corrected chi connectivity index (χ0v) is 7.13. The average Bonchev–Trinajstić information content (AvgIpc) is 2.34. The molecule has 0 amide bonds. The van der Waals surface area contributed by atoms with Gasteiger partial charge in [0.25, 0.3) is 0 Å². The third-order valence-corrected chi connectivity index (χ3v) is 2.85. The van der Waals surface area contributed by atoms with Crippen LogP contribution in [0.25, 0.3) is 0 Å². The van der Waals surface area contributed by atoms with Crippen LogP contribution in [-0.4, -0.2) is 4.98 Å². The highest BCUT2D eigenvalue weighted by Gasteiger charge is 2.19. The van der Waals surface area contributed by atoms with E-state index in [4.69, 9.17) is 0 Å². The smallest absolute Gasteiger partial charge is 0.0447 e. The van der Waals surface area contributed by atoms with Gasteiger partial charge < -0.3 is 0 Å². The minimum Gasteiger partial charge on any atom is -0.261 e. The normalized spacial score (nSPS) is 22.7. The maximum Gasteiger partial charge on any atom is 0.0447 e. The van der Waals surface area contributed by atoms with Crippen molar-refractivity contribution in [3.8, 4) is 0 Å². The molecule has 52 valence electrons. The largest absolute Gasteiger partial charge is 0.261 e. The molecule has 0 spiro atoms. The van der Waals surface area contributed by atoms with Crippen LogP contribution in [0.4, 0.5) is 0 Å². The third kappa shape index (κ3) is 0.870. The van der Waals surface area contributed by atoms with Crippen LogP contribution in [0.2, 0.25) is 0 Å². The fourth-order valence-electron chi connectivity index (χ4n) is 1.36. The van der Waals surface area contributed by atoms with Gasteiger partial charge in [0.2, 0.25) is 0 Å². The lowest BCUT2D eigenvalue weighted by Gasteiger charge is -1.98. The molecule has 0 bridgehead atoms. The maximum absolute atomic E-state index is 4.28. The number of alkyl halides is 1. The molecule has 1 aromatic heterocycles. The van der Waals surface area contributed by atoms with Crippen molar-refractivity contribution in [2.75, 3.05) is 0 Å². The number of hydrogen-bond donors (Lipinski definition) is 0. The number of aromatic nitrogens is 1. The van der Waals surface area contributed by atoms with Gasteiger partial charge in [0, 0.05) is 16.7 Å². The second-order valence-electron chi connectivity index (χ2n) is 2.55. The molecule has 0 N–H and O–H groups in total. The van der Waals surface area contributed by atoms with Gasteiger partial charge in [-0.1, -0.05) is 22.0 Å². The molecule has 0 saturated heterocycles.